The minimum absolute atomic E-state index is 0.999. The quantitative estimate of drug-likeness (QED) is 0.454. The second-order valence-corrected chi connectivity index (χ2v) is 12.5. The van der Waals surface area contributed by atoms with Crippen molar-refractivity contribution >= 4 is 0 Å². The highest BCUT2D eigenvalue weighted by Crippen LogP contribution is 2.49. The van der Waals surface area contributed by atoms with Crippen LogP contribution >= 0.6 is 0 Å². The summed E-state index contributed by atoms with van der Waals surface area (Å²) in [5.74, 6) is 10.5. The molecule has 6 atom stereocenters. The zero-order valence-electron chi connectivity index (χ0n) is 19.7. The first-order valence-electron chi connectivity index (χ1n) is 13.5. The maximum atomic E-state index is 2.57. The molecule has 6 unspecified atom stereocenters. The molecule has 162 valence electrons. The molecule has 0 nitrogen and oxygen atoms in total. The maximum absolute atomic E-state index is 2.57. The van der Waals surface area contributed by atoms with E-state index >= 15 is 0 Å². The highest BCUT2D eigenvalue weighted by molar-refractivity contribution is 4.89. The Morgan fingerprint density at radius 3 is 1.04 bits per heavy atom. The molecule has 0 aromatic carbocycles. The molecule has 0 aromatic rings. The Bertz CT molecular complexity index is 420. The van der Waals surface area contributed by atoms with Crippen LogP contribution in [0.5, 0.6) is 0 Å². The SMILES string of the molecule is CC1CCC(C)C(C2CCC(C3CCC(C4CC(C)CCC4C)CC3)CC2)C1. The van der Waals surface area contributed by atoms with Crippen molar-refractivity contribution in [2.45, 2.75) is 118 Å². The monoisotopic (exact) mass is 386 g/mol. The Morgan fingerprint density at radius 2 is 0.679 bits per heavy atom. The van der Waals surface area contributed by atoms with Crippen LogP contribution in [-0.2, 0) is 0 Å². The molecule has 4 fully saturated rings. The van der Waals surface area contributed by atoms with Crippen LogP contribution in [0, 0.1) is 59.2 Å². The van der Waals surface area contributed by atoms with E-state index in [2.05, 4.69) is 27.7 Å². The van der Waals surface area contributed by atoms with Crippen molar-refractivity contribution in [3.8, 4) is 0 Å². The molecule has 4 aliphatic carbocycles. The van der Waals surface area contributed by atoms with Crippen LogP contribution in [-0.4, -0.2) is 0 Å². The van der Waals surface area contributed by atoms with Gasteiger partial charge in [0.1, 0.15) is 0 Å². The molecule has 28 heavy (non-hydrogen) atoms. The third kappa shape index (κ3) is 4.83. The average Bonchev–Trinajstić information content (AvgIpc) is 2.72. The van der Waals surface area contributed by atoms with Crippen LogP contribution < -0.4 is 0 Å². The van der Waals surface area contributed by atoms with E-state index in [1.807, 2.05) is 0 Å². The molecule has 4 rings (SSSR count). The summed E-state index contributed by atoms with van der Waals surface area (Å²) in [4.78, 5) is 0. The second-order valence-electron chi connectivity index (χ2n) is 12.5. The molecule has 0 heteroatoms. The summed E-state index contributed by atoms with van der Waals surface area (Å²) in [6.45, 7) is 10.2. The van der Waals surface area contributed by atoms with Crippen molar-refractivity contribution in [3.63, 3.8) is 0 Å². The average molecular weight is 387 g/mol. The van der Waals surface area contributed by atoms with Crippen molar-refractivity contribution in [2.24, 2.45) is 59.2 Å². The fraction of sp³-hybridized carbons (Fsp3) is 1.00. The Kier molecular flexibility index (Phi) is 7.15. The van der Waals surface area contributed by atoms with Gasteiger partial charge < -0.3 is 0 Å². The van der Waals surface area contributed by atoms with Crippen LogP contribution in [0.15, 0.2) is 0 Å². The van der Waals surface area contributed by atoms with Crippen molar-refractivity contribution in [1.82, 2.24) is 0 Å². The molecule has 0 bridgehead atoms. The van der Waals surface area contributed by atoms with E-state index < -0.39 is 0 Å². The van der Waals surface area contributed by atoms with Crippen LogP contribution in [0.2, 0.25) is 0 Å². The molecule has 0 heterocycles. The van der Waals surface area contributed by atoms with E-state index in [0.29, 0.717) is 0 Å². The van der Waals surface area contributed by atoms with E-state index in [9.17, 15) is 0 Å². The first-order valence-corrected chi connectivity index (χ1v) is 13.5. The highest BCUT2D eigenvalue weighted by atomic mass is 14.4. The lowest BCUT2D eigenvalue weighted by Crippen LogP contribution is -2.35. The normalized spacial score (nSPS) is 51.0. The van der Waals surface area contributed by atoms with Gasteiger partial charge in [-0.1, -0.05) is 53.4 Å². The molecular weight excluding hydrogens is 336 g/mol. The Hall–Kier alpha value is 0. The zero-order chi connectivity index (χ0) is 19.7. The molecule has 4 saturated carbocycles. The lowest BCUT2D eigenvalue weighted by Gasteiger charge is -2.45. The lowest BCUT2D eigenvalue weighted by molar-refractivity contribution is 0.0569. The fourth-order valence-corrected chi connectivity index (χ4v) is 8.56. The van der Waals surface area contributed by atoms with Crippen LogP contribution in [0.3, 0.4) is 0 Å². The molecule has 0 saturated heterocycles. The van der Waals surface area contributed by atoms with Gasteiger partial charge in [-0.05, 0) is 123 Å². The first kappa shape index (κ1) is 21.2. The molecule has 0 N–H and O–H groups in total. The van der Waals surface area contributed by atoms with Gasteiger partial charge in [-0.15, -0.1) is 0 Å². The first-order chi connectivity index (χ1) is 13.5. The third-order valence-corrected chi connectivity index (χ3v) is 10.6. The van der Waals surface area contributed by atoms with Crippen molar-refractivity contribution in [3.05, 3.63) is 0 Å². The summed E-state index contributed by atoms with van der Waals surface area (Å²) in [5, 5.41) is 0. The summed E-state index contributed by atoms with van der Waals surface area (Å²) >= 11 is 0. The smallest absolute Gasteiger partial charge is 0.0358 e. The summed E-state index contributed by atoms with van der Waals surface area (Å²) in [7, 11) is 0. The number of rotatable bonds is 3. The summed E-state index contributed by atoms with van der Waals surface area (Å²) in [6.07, 6.45) is 21.7. The number of hydrogen-bond acceptors (Lipinski definition) is 0. The minimum Gasteiger partial charge on any atom is -0.0625 e. The summed E-state index contributed by atoms with van der Waals surface area (Å²) in [5.41, 5.74) is 0. The fourth-order valence-electron chi connectivity index (χ4n) is 8.56. The maximum Gasteiger partial charge on any atom is -0.0358 e. The van der Waals surface area contributed by atoms with E-state index in [0.717, 1.165) is 59.2 Å². The minimum atomic E-state index is 0.999. The van der Waals surface area contributed by atoms with Crippen molar-refractivity contribution < 1.29 is 0 Å². The molecule has 0 radical (unpaired) electrons. The number of hydrogen-bond donors (Lipinski definition) is 0. The Morgan fingerprint density at radius 1 is 0.357 bits per heavy atom. The predicted octanol–water partition coefficient (Wildman–Crippen LogP) is 8.74. The lowest BCUT2D eigenvalue weighted by atomic mass is 9.60. The van der Waals surface area contributed by atoms with Crippen molar-refractivity contribution in [2.75, 3.05) is 0 Å². The Balaban J connectivity index is 1.23. The van der Waals surface area contributed by atoms with Gasteiger partial charge in [-0.2, -0.15) is 0 Å². The van der Waals surface area contributed by atoms with E-state index in [-0.39, 0.29) is 0 Å². The van der Waals surface area contributed by atoms with Gasteiger partial charge >= 0.3 is 0 Å². The van der Waals surface area contributed by atoms with Gasteiger partial charge in [0.05, 0.1) is 0 Å². The Labute approximate surface area is 177 Å². The molecule has 0 spiro atoms. The largest absolute Gasteiger partial charge is 0.0625 e. The third-order valence-electron chi connectivity index (χ3n) is 10.6. The molecule has 0 amide bonds. The van der Waals surface area contributed by atoms with Gasteiger partial charge in [0.25, 0.3) is 0 Å². The molecular formula is C28H50. The second kappa shape index (κ2) is 9.43. The molecule has 0 aliphatic heterocycles. The van der Waals surface area contributed by atoms with Gasteiger partial charge in [-0.3, -0.25) is 0 Å². The van der Waals surface area contributed by atoms with E-state index in [1.54, 1.807) is 64.2 Å². The highest BCUT2D eigenvalue weighted by Gasteiger charge is 2.39. The van der Waals surface area contributed by atoms with Crippen LogP contribution in [0.25, 0.3) is 0 Å². The molecule has 0 aromatic heterocycles. The standard InChI is InChI=1S/C28H50/c1-19-5-7-21(3)27(17-19)25-13-9-23(10-14-25)24-11-15-26(16-12-24)28-18-20(2)6-8-22(28)4/h19-28H,5-18H2,1-4H3. The van der Waals surface area contributed by atoms with Gasteiger partial charge in [0, 0.05) is 0 Å². The summed E-state index contributed by atoms with van der Waals surface area (Å²) < 4.78 is 0. The van der Waals surface area contributed by atoms with Gasteiger partial charge in [0.2, 0.25) is 0 Å². The van der Waals surface area contributed by atoms with Crippen molar-refractivity contribution in [1.29, 1.82) is 0 Å². The molecule has 4 aliphatic rings. The van der Waals surface area contributed by atoms with Gasteiger partial charge in [0.15, 0.2) is 0 Å². The van der Waals surface area contributed by atoms with E-state index in [1.165, 1.54) is 25.7 Å². The topological polar surface area (TPSA) is 0 Å². The zero-order valence-corrected chi connectivity index (χ0v) is 19.7. The van der Waals surface area contributed by atoms with Crippen LogP contribution in [0.4, 0.5) is 0 Å². The van der Waals surface area contributed by atoms with E-state index in [4.69, 9.17) is 0 Å². The van der Waals surface area contributed by atoms with Crippen LogP contribution in [0.1, 0.15) is 118 Å². The van der Waals surface area contributed by atoms with Gasteiger partial charge in [-0.25, -0.2) is 0 Å². The summed E-state index contributed by atoms with van der Waals surface area (Å²) in [6, 6.07) is 0. The predicted molar refractivity (Wildman–Crippen MR) is 122 cm³/mol.